The summed E-state index contributed by atoms with van der Waals surface area (Å²) in [6.07, 6.45) is 2.00. The van der Waals surface area contributed by atoms with E-state index in [0.717, 1.165) is 17.4 Å². The average molecular weight is 378 g/mol. The number of ether oxygens (including phenoxy) is 1. The Morgan fingerprint density at radius 2 is 1.93 bits per heavy atom. The van der Waals surface area contributed by atoms with Gasteiger partial charge in [-0.1, -0.05) is 0 Å². The summed E-state index contributed by atoms with van der Waals surface area (Å²) >= 11 is 0. The Bertz CT molecular complexity index is 1110. The first-order valence-electron chi connectivity index (χ1n) is 8.89. The van der Waals surface area contributed by atoms with Crippen LogP contribution in [0.25, 0.3) is 22.2 Å². The number of amides is 1. The van der Waals surface area contributed by atoms with E-state index in [-0.39, 0.29) is 17.5 Å². The van der Waals surface area contributed by atoms with Gasteiger partial charge in [-0.15, -0.1) is 0 Å². The third kappa shape index (κ3) is 3.68. The fourth-order valence-electron chi connectivity index (χ4n) is 3.08. The van der Waals surface area contributed by atoms with Gasteiger partial charge in [0.25, 0.3) is 5.91 Å². The second-order valence-corrected chi connectivity index (χ2v) is 6.40. The molecule has 0 spiro atoms. The number of carbonyl (C=O) groups excluding carboxylic acids is 1. The monoisotopic (exact) mass is 378 g/mol. The lowest BCUT2D eigenvalue weighted by molar-refractivity contribution is 0.0997. The van der Waals surface area contributed by atoms with Crippen LogP contribution in [0.2, 0.25) is 0 Å². The van der Waals surface area contributed by atoms with Crippen molar-refractivity contribution in [1.29, 1.82) is 0 Å². The van der Waals surface area contributed by atoms with Gasteiger partial charge in [0, 0.05) is 42.0 Å². The number of anilines is 1. The van der Waals surface area contributed by atoms with Crippen LogP contribution in [0.1, 0.15) is 10.6 Å². The first-order valence-corrected chi connectivity index (χ1v) is 8.89. The molecule has 0 aliphatic heterocycles. The van der Waals surface area contributed by atoms with E-state index in [1.165, 1.54) is 12.1 Å². The summed E-state index contributed by atoms with van der Waals surface area (Å²) < 4.78 is 25.9. The lowest BCUT2D eigenvalue weighted by Gasteiger charge is -2.06. The zero-order valence-corrected chi connectivity index (χ0v) is 15.3. The van der Waals surface area contributed by atoms with Crippen molar-refractivity contribution in [3.8, 4) is 11.3 Å². The van der Waals surface area contributed by atoms with Crippen LogP contribution in [0.5, 0.6) is 0 Å². The van der Waals surface area contributed by atoms with E-state index in [9.17, 15) is 9.18 Å². The summed E-state index contributed by atoms with van der Waals surface area (Å²) in [6.45, 7) is 1.40. The summed E-state index contributed by atoms with van der Waals surface area (Å²) in [5.74, 6) is 0.0409. The van der Waals surface area contributed by atoms with Crippen LogP contribution in [0.4, 0.5) is 10.1 Å². The summed E-state index contributed by atoms with van der Waals surface area (Å²) in [7, 11) is 1.68. The molecule has 6 heteroatoms. The summed E-state index contributed by atoms with van der Waals surface area (Å²) in [5.41, 5.74) is 2.47. The third-order valence-electron chi connectivity index (χ3n) is 4.52. The number of hydrogen-bond acceptors (Lipinski definition) is 3. The highest BCUT2D eigenvalue weighted by atomic mass is 19.1. The molecule has 1 amide bonds. The maximum Gasteiger partial charge on any atom is 0.291 e. The quantitative estimate of drug-likeness (QED) is 0.517. The number of aromatic nitrogens is 1. The van der Waals surface area contributed by atoms with Crippen molar-refractivity contribution in [2.24, 2.45) is 0 Å². The number of fused-ring (bicyclic) bond motifs is 1. The number of methoxy groups -OCH3 is 1. The molecule has 2 aromatic heterocycles. The van der Waals surface area contributed by atoms with E-state index < -0.39 is 0 Å². The SMILES string of the molecule is COCCn1ccc2cc(NC(=O)c3ccc(-c4ccc(F)cc4)o3)ccc21. The maximum absolute atomic E-state index is 13.0. The Hall–Kier alpha value is -3.38. The minimum Gasteiger partial charge on any atom is -0.451 e. The smallest absolute Gasteiger partial charge is 0.291 e. The third-order valence-corrected chi connectivity index (χ3v) is 4.52. The van der Waals surface area contributed by atoms with Gasteiger partial charge in [0.2, 0.25) is 0 Å². The van der Waals surface area contributed by atoms with Crippen LogP contribution in [0, 0.1) is 5.82 Å². The highest BCUT2D eigenvalue weighted by molar-refractivity contribution is 6.03. The van der Waals surface area contributed by atoms with Crippen molar-refractivity contribution in [2.45, 2.75) is 6.54 Å². The number of nitrogens with one attached hydrogen (secondary N) is 1. The molecule has 0 aliphatic carbocycles. The van der Waals surface area contributed by atoms with Gasteiger partial charge in [-0.25, -0.2) is 4.39 Å². The zero-order valence-electron chi connectivity index (χ0n) is 15.3. The Labute approximate surface area is 161 Å². The van der Waals surface area contributed by atoms with Gasteiger partial charge in [-0.2, -0.15) is 0 Å². The largest absolute Gasteiger partial charge is 0.451 e. The molecular formula is C22H19FN2O3. The lowest BCUT2D eigenvalue weighted by atomic mass is 10.2. The maximum atomic E-state index is 13.0. The molecule has 0 bridgehead atoms. The number of hydrogen-bond donors (Lipinski definition) is 1. The summed E-state index contributed by atoms with van der Waals surface area (Å²) in [6, 6.07) is 17.0. The van der Waals surface area contributed by atoms with Gasteiger partial charge >= 0.3 is 0 Å². The molecule has 1 N–H and O–H groups in total. The minimum absolute atomic E-state index is 0.192. The number of benzene rings is 2. The molecule has 2 aromatic carbocycles. The molecule has 4 aromatic rings. The lowest BCUT2D eigenvalue weighted by Crippen LogP contribution is -2.10. The Kier molecular flexibility index (Phi) is 4.95. The van der Waals surface area contributed by atoms with Crippen molar-refractivity contribution in [3.05, 3.63) is 78.4 Å². The molecule has 0 saturated carbocycles. The van der Waals surface area contributed by atoms with Crippen molar-refractivity contribution >= 4 is 22.5 Å². The Balaban J connectivity index is 1.50. The van der Waals surface area contributed by atoms with E-state index in [2.05, 4.69) is 9.88 Å². The van der Waals surface area contributed by atoms with Gasteiger partial charge in [0.1, 0.15) is 11.6 Å². The van der Waals surface area contributed by atoms with E-state index in [1.807, 2.05) is 30.5 Å². The van der Waals surface area contributed by atoms with E-state index in [1.54, 1.807) is 31.4 Å². The molecule has 2 heterocycles. The Morgan fingerprint density at radius 1 is 1.11 bits per heavy atom. The van der Waals surface area contributed by atoms with Crippen LogP contribution in [-0.4, -0.2) is 24.2 Å². The Morgan fingerprint density at radius 3 is 2.71 bits per heavy atom. The molecule has 0 saturated heterocycles. The second-order valence-electron chi connectivity index (χ2n) is 6.40. The first-order chi connectivity index (χ1) is 13.6. The van der Waals surface area contributed by atoms with Crippen LogP contribution in [0.3, 0.4) is 0 Å². The molecule has 142 valence electrons. The molecule has 0 aliphatic rings. The number of furan rings is 1. The summed E-state index contributed by atoms with van der Waals surface area (Å²) in [5, 5.41) is 3.88. The second kappa shape index (κ2) is 7.70. The summed E-state index contributed by atoms with van der Waals surface area (Å²) in [4.78, 5) is 12.5. The van der Waals surface area contributed by atoms with E-state index >= 15 is 0 Å². The molecule has 0 radical (unpaired) electrons. The normalized spacial score (nSPS) is 11.1. The first kappa shape index (κ1) is 18.0. The van der Waals surface area contributed by atoms with Gasteiger partial charge < -0.3 is 19.0 Å². The van der Waals surface area contributed by atoms with E-state index in [0.29, 0.717) is 23.6 Å². The van der Waals surface area contributed by atoms with Crippen molar-refractivity contribution in [2.75, 3.05) is 19.0 Å². The molecule has 0 unspecified atom stereocenters. The van der Waals surface area contributed by atoms with Crippen LogP contribution in [-0.2, 0) is 11.3 Å². The molecule has 0 atom stereocenters. The molecule has 0 fully saturated rings. The molecule has 5 nitrogen and oxygen atoms in total. The molecule has 4 rings (SSSR count). The number of halogens is 1. The van der Waals surface area contributed by atoms with Crippen molar-refractivity contribution in [1.82, 2.24) is 4.57 Å². The topological polar surface area (TPSA) is 56.4 Å². The van der Waals surface area contributed by atoms with Gasteiger partial charge in [-0.05, 0) is 60.7 Å². The van der Waals surface area contributed by atoms with Crippen molar-refractivity contribution < 1.29 is 18.3 Å². The fraction of sp³-hybridized carbons (Fsp3) is 0.136. The van der Waals surface area contributed by atoms with Crippen LogP contribution in [0.15, 0.2) is 71.3 Å². The molecular weight excluding hydrogens is 359 g/mol. The highest BCUT2D eigenvalue weighted by Gasteiger charge is 2.13. The van der Waals surface area contributed by atoms with E-state index in [4.69, 9.17) is 9.15 Å². The minimum atomic E-state index is -0.341. The highest BCUT2D eigenvalue weighted by Crippen LogP contribution is 2.24. The average Bonchev–Trinajstić information content (AvgIpc) is 3.34. The standard InChI is InChI=1S/C22H19FN2O3/c1-27-13-12-25-11-10-16-14-18(6-7-19(16)25)24-22(26)21-9-8-20(28-21)15-2-4-17(23)5-3-15/h2-11,14H,12-13H2,1H3,(H,24,26). The fourth-order valence-corrected chi connectivity index (χ4v) is 3.08. The zero-order chi connectivity index (χ0) is 19.5. The van der Waals surface area contributed by atoms with Crippen LogP contribution >= 0.6 is 0 Å². The number of rotatable bonds is 6. The van der Waals surface area contributed by atoms with Gasteiger partial charge in [0.05, 0.1) is 6.61 Å². The van der Waals surface area contributed by atoms with Crippen molar-refractivity contribution in [3.63, 3.8) is 0 Å². The molecule has 28 heavy (non-hydrogen) atoms. The van der Waals surface area contributed by atoms with Gasteiger partial charge in [0.15, 0.2) is 5.76 Å². The van der Waals surface area contributed by atoms with Gasteiger partial charge in [-0.3, -0.25) is 4.79 Å². The predicted molar refractivity (Wildman–Crippen MR) is 106 cm³/mol. The van der Waals surface area contributed by atoms with Crippen LogP contribution < -0.4 is 5.32 Å². The number of nitrogens with zero attached hydrogens (tertiary/aromatic N) is 1. The number of carbonyl (C=O) groups is 1. The predicted octanol–water partition coefficient (Wildman–Crippen LogP) is 4.94.